The van der Waals surface area contributed by atoms with Crippen molar-refractivity contribution >= 4 is 8.41 Å². The number of aryl methyl sites for hydroxylation is 1. The van der Waals surface area contributed by atoms with Crippen LogP contribution in [0.4, 0.5) is 0 Å². The van der Waals surface area contributed by atoms with Crippen LogP contribution in [-0.2, 0) is 32.7 Å². The van der Waals surface area contributed by atoms with E-state index in [4.69, 9.17) is 0 Å². The summed E-state index contributed by atoms with van der Waals surface area (Å²) in [4.78, 5) is 7.61. The third-order valence-electron chi connectivity index (χ3n) is 0.589. The average molecular weight is 181 g/mol. The van der Waals surface area contributed by atoms with Gasteiger partial charge in [0, 0.05) is 46.9 Å². The van der Waals surface area contributed by atoms with E-state index >= 15 is 0 Å². The minimum Gasteiger partial charge on any atom is -0.381 e. The molecule has 0 spiro atoms. The molecule has 4 heteroatoms. The Balaban J connectivity index is 0. The van der Waals surface area contributed by atoms with E-state index in [1.165, 1.54) is 0 Å². The summed E-state index contributed by atoms with van der Waals surface area (Å²) in [6.45, 7) is 1.86. The number of hydrogen-bond donors (Lipinski definition) is 0. The van der Waals surface area contributed by atoms with E-state index < -0.39 is 0 Å². The van der Waals surface area contributed by atoms with Crippen molar-refractivity contribution in [1.82, 2.24) is 9.97 Å². The van der Waals surface area contributed by atoms with Crippen molar-refractivity contribution < 1.29 is 32.7 Å². The molecular weight excluding hydrogens is 176 g/mol. The third kappa shape index (κ3) is 3.39. The molecule has 0 aliphatic carbocycles. The fourth-order valence-electron chi connectivity index (χ4n) is 0.316. The van der Waals surface area contributed by atoms with Gasteiger partial charge in [-0.3, -0.25) is 0 Å². The Morgan fingerprint density at radius 2 is 1.62 bits per heavy atom. The zero-order valence-electron chi connectivity index (χ0n) is 4.70. The Bertz CT molecular complexity index is 118. The van der Waals surface area contributed by atoms with Crippen LogP contribution in [0, 0.1) is 6.92 Å². The van der Waals surface area contributed by atoms with Gasteiger partial charge in [-0.15, -0.1) is 12.4 Å². The number of imidazole rings is 1. The maximum atomic E-state index is 3.81. The van der Waals surface area contributed by atoms with Gasteiger partial charge >= 0.3 is 0 Å². The Morgan fingerprint density at radius 1 is 1.25 bits per heavy atom. The smallest absolute Gasteiger partial charge is 0.00893 e. The van der Waals surface area contributed by atoms with Crippen molar-refractivity contribution in [3.8, 4) is 0 Å². The largest absolute Gasteiger partial charge is 0.381 e. The first-order valence-corrected chi connectivity index (χ1v) is 1.80. The Kier molecular flexibility index (Phi) is 7.73. The minimum atomic E-state index is 0. The Hall–Kier alpha value is 0.379. The average Bonchev–Trinajstić information content (AvgIpc) is 1.86. The fourth-order valence-corrected chi connectivity index (χ4v) is 0.316. The van der Waals surface area contributed by atoms with Crippen molar-refractivity contribution in [2.75, 3.05) is 0 Å². The molecule has 0 fully saturated rings. The standard InChI is InChI=1S/C4H5N2.B.Y/c1-4-5-2-3-6-4;;/h2-3H,1H3;;/q-1;;. The third-order valence-corrected chi connectivity index (χ3v) is 0.589. The summed E-state index contributed by atoms with van der Waals surface area (Å²) in [5, 5.41) is 0. The molecule has 0 atom stereocenters. The van der Waals surface area contributed by atoms with Crippen LogP contribution in [0.15, 0.2) is 12.4 Å². The molecule has 0 aliphatic heterocycles. The van der Waals surface area contributed by atoms with Crippen molar-refractivity contribution in [1.29, 1.82) is 0 Å². The Labute approximate surface area is 75.9 Å². The SMILES string of the molecule is C[c-]1nccn1.[B].[Y]. The molecule has 0 bridgehead atoms. The first-order chi connectivity index (χ1) is 2.89. The molecular formula is C4H5BN2Y-. The number of hydrogen-bond acceptors (Lipinski definition) is 2. The van der Waals surface area contributed by atoms with Crippen LogP contribution in [0.2, 0.25) is 0 Å². The van der Waals surface area contributed by atoms with E-state index in [1.54, 1.807) is 12.4 Å². The molecule has 0 N–H and O–H groups in total. The molecule has 1 aromatic rings. The summed E-state index contributed by atoms with van der Waals surface area (Å²) < 4.78 is 0. The molecule has 0 saturated heterocycles. The quantitative estimate of drug-likeness (QED) is 0.419. The second-order valence-electron chi connectivity index (χ2n) is 1.10. The van der Waals surface area contributed by atoms with Gasteiger partial charge in [0.05, 0.1) is 0 Å². The van der Waals surface area contributed by atoms with Gasteiger partial charge in [0.25, 0.3) is 0 Å². The molecule has 1 heterocycles. The minimum absolute atomic E-state index is 0. The van der Waals surface area contributed by atoms with Gasteiger partial charge < -0.3 is 9.97 Å². The van der Waals surface area contributed by atoms with Crippen LogP contribution >= 0.6 is 0 Å². The molecule has 2 nitrogen and oxygen atoms in total. The van der Waals surface area contributed by atoms with E-state index in [-0.39, 0.29) is 41.1 Å². The first-order valence-electron chi connectivity index (χ1n) is 1.80. The van der Waals surface area contributed by atoms with Crippen molar-refractivity contribution in [2.24, 2.45) is 0 Å². The van der Waals surface area contributed by atoms with Crippen LogP contribution in [0.25, 0.3) is 0 Å². The Morgan fingerprint density at radius 3 is 1.75 bits per heavy atom. The van der Waals surface area contributed by atoms with E-state index in [2.05, 4.69) is 9.97 Å². The van der Waals surface area contributed by atoms with E-state index in [0.29, 0.717) is 0 Å². The van der Waals surface area contributed by atoms with Crippen LogP contribution < -0.4 is 0 Å². The van der Waals surface area contributed by atoms with Crippen molar-refractivity contribution in [3.05, 3.63) is 18.2 Å². The zero-order chi connectivity index (χ0) is 4.41. The van der Waals surface area contributed by atoms with Gasteiger partial charge in [-0.1, -0.05) is 6.92 Å². The van der Waals surface area contributed by atoms with E-state index in [1.807, 2.05) is 6.92 Å². The predicted octanol–water partition coefficient (Wildman–Crippen LogP) is 0.121. The van der Waals surface area contributed by atoms with Crippen molar-refractivity contribution in [2.45, 2.75) is 6.92 Å². The zero-order valence-corrected chi connectivity index (χ0v) is 7.54. The number of aromatic nitrogens is 2. The molecule has 0 amide bonds. The molecule has 1 aromatic heterocycles. The maximum Gasteiger partial charge on any atom is 0.00893 e. The molecule has 1 rings (SSSR count). The summed E-state index contributed by atoms with van der Waals surface area (Å²) in [5.74, 6) is 0.843. The summed E-state index contributed by atoms with van der Waals surface area (Å²) in [6.07, 6.45) is 3.35. The van der Waals surface area contributed by atoms with Crippen LogP contribution in [-0.4, -0.2) is 18.4 Å². The monoisotopic (exact) mass is 181 g/mol. The maximum absolute atomic E-state index is 3.81. The molecule has 38 valence electrons. The molecule has 8 heavy (non-hydrogen) atoms. The normalized spacial score (nSPS) is 6.62. The second-order valence-corrected chi connectivity index (χ2v) is 1.10. The van der Waals surface area contributed by atoms with Gasteiger partial charge in [0.2, 0.25) is 0 Å². The summed E-state index contributed by atoms with van der Waals surface area (Å²) in [5.41, 5.74) is 0. The summed E-state index contributed by atoms with van der Waals surface area (Å²) in [6, 6.07) is 0. The first kappa shape index (κ1) is 11.2. The topological polar surface area (TPSA) is 25.8 Å². The number of rotatable bonds is 0. The fraction of sp³-hybridized carbons (Fsp3) is 0.250. The molecule has 0 unspecified atom stereocenters. The van der Waals surface area contributed by atoms with Gasteiger partial charge in [0.15, 0.2) is 0 Å². The number of nitrogens with zero attached hydrogens (tertiary/aromatic N) is 2. The van der Waals surface area contributed by atoms with Gasteiger partial charge in [-0.25, -0.2) is 0 Å². The molecule has 4 radical (unpaired) electrons. The van der Waals surface area contributed by atoms with Crippen molar-refractivity contribution in [3.63, 3.8) is 0 Å². The predicted molar refractivity (Wildman–Crippen MR) is 28.1 cm³/mol. The summed E-state index contributed by atoms with van der Waals surface area (Å²) in [7, 11) is 0. The molecule has 0 saturated carbocycles. The molecule has 0 aromatic carbocycles. The van der Waals surface area contributed by atoms with Gasteiger partial charge in [0.1, 0.15) is 0 Å². The van der Waals surface area contributed by atoms with Gasteiger partial charge in [-0.05, 0) is 0 Å². The summed E-state index contributed by atoms with van der Waals surface area (Å²) >= 11 is 0. The van der Waals surface area contributed by atoms with E-state index in [0.717, 1.165) is 5.82 Å². The van der Waals surface area contributed by atoms with E-state index in [9.17, 15) is 0 Å². The van der Waals surface area contributed by atoms with Gasteiger partial charge in [-0.2, -0.15) is 0 Å². The second kappa shape index (κ2) is 5.51. The van der Waals surface area contributed by atoms with Crippen LogP contribution in [0.3, 0.4) is 0 Å². The molecule has 0 aliphatic rings. The van der Waals surface area contributed by atoms with Crippen LogP contribution in [0.5, 0.6) is 0 Å². The van der Waals surface area contributed by atoms with Crippen LogP contribution in [0.1, 0.15) is 5.82 Å².